The Labute approximate surface area is 119 Å². The highest BCUT2D eigenvalue weighted by atomic mass is 32.2. The molecule has 0 radical (unpaired) electrons. The van der Waals surface area contributed by atoms with Crippen LogP contribution in [0.5, 0.6) is 5.75 Å². The van der Waals surface area contributed by atoms with Gasteiger partial charge in [-0.3, -0.25) is 4.99 Å². The molecule has 0 amide bonds. The summed E-state index contributed by atoms with van der Waals surface area (Å²) in [5.74, 6) is 0.794. The van der Waals surface area contributed by atoms with Gasteiger partial charge in [0.15, 0.2) is 0 Å². The van der Waals surface area contributed by atoms with E-state index in [1.807, 2.05) is 38.2 Å². The number of aliphatic hydroxyl groups excluding tert-OH is 1. The monoisotopic (exact) mass is 282 g/mol. The lowest BCUT2D eigenvalue weighted by molar-refractivity contribution is 0.196. The van der Waals surface area contributed by atoms with Crippen LogP contribution < -0.4 is 10.1 Å². The molecule has 1 unspecified atom stereocenters. The topological polar surface area (TPSA) is 53.9 Å². The number of ether oxygens (including phenoxy) is 1. The minimum absolute atomic E-state index is 0.0699. The Hall–Kier alpha value is -1.04. The molecule has 0 saturated heterocycles. The van der Waals surface area contributed by atoms with Gasteiger partial charge in [-0.25, -0.2) is 0 Å². The summed E-state index contributed by atoms with van der Waals surface area (Å²) in [5.41, 5.74) is 0.956. The van der Waals surface area contributed by atoms with Crippen LogP contribution in [0.1, 0.15) is 19.4 Å². The fraction of sp³-hybridized carbons (Fsp3) is 0.500. The van der Waals surface area contributed by atoms with E-state index < -0.39 is 0 Å². The first-order valence-corrected chi connectivity index (χ1v) is 7.15. The molecular formula is C14H22N2O2S. The molecule has 0 saturated carbocycles. The molecule has 1 aromatic rings. The average molecular weight is 282 g/mol. The minimum atomic E-state index is -0.389. The highest BCUT2D eigenvalue weighted by Crippen LogP contribution is 2.27. The van der Waals surface area contributed by atoms with E-state index in [0.717, 1.165) is 16.4 Å². The van der Waals surface area contributed by atoms with Gasteiger partial charge in [0.2, 0.25) is 0 Å². The van der Waals surface area contributed by atoms with Crippen molar-refractivity contribution in [1.29, 1.82) is 0 Å². The average Bonchev–Trinajstić information content (AvgIpc) is 2.43. The molecule has 5 heteroatoms. The Bertz CT molecular complexity index is 422. The molecule has 2 N–H and O–H groups in total. The summed E-state index contributed by atoms with van der Waals surface area (Å²) in [6, 6.07) is 7.79. The Morgan fingerprint density at radius 1 is 1.42 bits per heavy atom. The van der Waals surface area contributed by atoms with Gasteiger partial charge in [0.1, 0.15) is 10.8 Å². The number of benzene rings is 1. The molecule has 0 bridgehead atoms. The Balaban J connectivity index is 3.03. The molecule has 0 spiro atoms. The first-order valence-electron chi connectivity index (χ1n) is 6.27. The maximum absolute atomic E-state index is 9.65. The normalized spacial score (nSPS) is 15.1. The number of para-hydroxylation sites is 1. The van der Waals surface area contributed by atoms with Crippen LogP contribution in [0.15, 0.2) is 29.3 Å². The highest BCUT2D eigenvalue weighted by Gasteiger charge is 2.17. The van der Waals surface area contributed by atoms with Gasteiger partial charge in [-0.05, 0) is 26.1 Å². The van der Waals surface area contributed by atoms with Crippen molar-refractivity contribution in [3.8, 4) is 5.75 Å². The van der Waals surface area contributed by atoms with E-state index in [1.165, 1.54) is 0 Å². The fourth-order valence-corrected chi connectivity index (χ4v) is 2.42. The third-order valence-electron chi connectivity index (χ3n) is 2.70. The van der Waals surface area contributed by atoms with Crippen LogP contribution in [0.25, 0.3) is 0 Å². The number of nitrogens with one attached hydrogen (secondary N) is 1. The molecule has 0 fully saturated rings. The molecule has 1 aromatic carbocycles. The van der Waals surface area contributed by atoms with E-state index >= 15 is 0 Å². The second kappa shape index (κ2) is 8.19. The summed E-state index contributed by atoms with van der Waals surface area (Å²) in [4.78, 5) is 4.52. The predicted molar refractivity (Wildman–Crippen MR) is 82.2 cm³/mol. The summed E-state index contributed by atoms with van der Waals surface area (Å²) >= 11 is 1.56. The lowest BCUT2D eigenvalue weighted by atomic mass is 10.2. The molecule has 0 aliphatic carbocycles. The van der Waals surface area contributed by atoms with Gasteiger partial charge in [0.05, 0.1) is 19.9 Å². The van der Waals surface area contributed by atoms with Gasteiger partial charge in [-0.1, -0.05) is 19.1 Å². The molecule has 2 atom stereocenters. The number of rotatable bonds is 6. The van der Waals surface area contributed by atoms with Crippen LogP contribution in [0, 0.1) is 0 Å². The molecule has 106 valence electrons. The summed E-state index contributed by atoms with van der Waals surface area (Å²) < 4.78 is 5.37. The van der Waals surface area contributed by atoms with E-state index in [0.29, 0.717) is 6.67 Å². The van der Waals surface area contributed by atoms with Gasteiger partial charge in [0, 0.05) is 10.8 Å². The quantitative estimate of drug-likeness (QED) is 0.620. The largest absolute Gasteiger partial charge is 0.496 e. The predicted octanol–water partition coefficient (Wildman–Crippen LogP) is 2.12. The molecule has 0 aromatic heterocycles. The zero-order valence-corrected chi connectivity index (χ0v) is 12.7. The van der Waals surface area contributed by atoms with E-state index in [4.69, 9.17) is 4.74 Å². The van der Waals surface area contributed by atoms with Crippen molar-refractivity contribution in [3.05, 3.63) is 29.8 Å². The van der Waals surface area contributed by atoms with Gasteiger partial charge < -0.3 is 15.2 Å². The molecular weight excluding hydrogens is 260 g/mol. The van der Waals surface area contributed by atoms with Crippen LogP contribution in [0.4, 0.5) is 0 Å². The van der Waals surface area contributed by atoms with Gasteiger partial charge in [-0.15, -0.1) is 11.8 Å². The van der Waals surface area contributed by atoms with Crippen molar-refractivity contribution in [1.82, 2.24) is 5.32 Å². The van der Waals surface area contributed by atoms with Crippen LogP contribution in [-0.4, -0.2) is 42.3 Å². The van der Waals surface area contributed by atoms with E-state index in [2.05, 4.69) is 10.3 Å². The van der Waals surface area contributed by atoms with Gasteiger partial charge >= 0.3 is 0 Å². The Morgan fingerprint density at radius 2 is 2.11 bits per heavy atom. The van der Waals surface area contributed by atoms with Crippen molar-refractivity contribution in [2.75, 3.05) is 20.8 Å². The fourth-order valence-electron chi connectivity index (χ4n) is 1.43. The number of nitrogens with zero attached hydrogens (tertiary/aromatic N) is 1. The lowest BCUT2D eigenvalue weighted by Gasteiger charge is -2.17. The number of aliphatic imine (C=N–C) groups is 1. The SMILES string of the molecule is CNC/N=C(\SC(C)[C@H](C)O)c1ccccc1OC. The van der Waals surface area contributed by atoms with Crippen molar-refractivity contribution < 1.29 is 9.84 Å². The maximum atomic E-state index is 9.65. The van der Waals surface area contributed by atoms with Gasteiger partial charge in [-0.2, -0.15) is 0 Å². The van der Waals surface area contributed by atoms with Crippen LogP contribution in [0.3, 0.4) is 0 Å². The zero-order valence-electron chi connectivity index (χ0n) is 11.9. The number of thioether (sulfide) groups is 1. The number of methoxy groups -OCH3 is 1. The van der Waals surface area contributed by atoms with E-state index in [1.54, 1.807) is 25.8 Å². The maximum Gasteiger partial charge on any atom is 0.128 e. The lowest BCUT2D eigenvalue weighted by Crippen LogP contribution is -2.19. The Kier molecular flexibility index (Phi) is 6.91. The van der Waals surface area contributed by atoms with Crippen molar-refractivity contribution in [2.45, 2.75) is 25.2 Å². The standard InChI is InChI=1S/C14H22N2O2S/c1-10(17)11(2)19-14(16-9-15-3)12-7-5-6-8-13(12)18-4/h5-8,10-11,15,17H,9H2,1-4H3/b16-14-/t10-,11?/m0/s1. The van der Waals surface area contributed by atoms with Crippen molar-refractivity contribution in [3.63, 3.8) is 0 Å². The third-order valence-corrected chi connectivity index (χ3v) is 4.03. The zero-order chi connectivity index (χ0) is 14.3. The smallest absolute Gasteiger partial charge is 0.128 e. The van der Waals surface area contributed by atoms with Crippen LogP contribution in [-0.2, 0) is 0 Å². The molecule has 19 heavy (non-hydrogen) atoms. The van der Waals surface area contributed by atoms with Crippen LogP contribution in [0.2, 0.25) is 0 Å². The van der Waals surface area contributed by atoms with Gasteiger partial charge in [0.25, 0.3) is 0 Å². The van der Waals surface area contributed by atoms with Crippen LogP contribution >= 0.6 is 11.8 Å². The first kappa shape index (κ1) is 16.0. The second-order valence-electron chi connectivity index (χ2n) is 4.24. The highest BCUT2D eigenvalue weighted by molar-refractivity contribution is 8.15. The summed E-state index contributed by atoms with van der Waals surface area (Å²) in [7, 11) is 3.50. The summed E-state index contributed by atoms with van der Waals surface area (Å²) in [6.45, 7) is 4.31. The molecule has 0 aliphatic rings. The second-order valence-corrected chi connectivity index (χ2v) is 5.60. The van der Waals surface area contributed by atoms with Crippen molar-refractivity contribution in [2.24, 2.45) is 4.99 Å². The molecule has 1 rings (SSSR count). The number of hydrogen-bond acceptors (Lipinski definition) is 5. The van der Waals surface area contributed by atoms with Crippen molar-refractivity contribution >= 4 is 16.8 Å². The summed E-state index contributed by atoms with van der Waals surface area (Å²) in [5, 5.41) is 13.6. The number of aliphatic hydroxyl groups is 1. The Morgan fingerprint density at radius 3 is 2.68 bits per heavy atom. The molecule has 4 nitrogen and oxygen atoms in total. The minimum Gasteiger partial charge on any atom is -0.496 e. The van der Waals surface area contributed by atoms with E-state index in [-0.39, 0.29) is 11.4 Å². The first-order chi connectivity index (χ1) is 9.10. The van der Waals surface area contributed by atoms with E-state index in [9.17, 15) is 5.11 Å². The molecule has 0 heterocycles. The number of hydrogen-bond donors (Lipinski definition) is 2. The third kappa shape index (κ3) is 4.86. The summed E-state index contributed by atoms with van der Waals surface area (Å²) in [6.07, 6.45) is -0.389. The molecule has 0 aliphatic heterocycles.